The van der Waals surface area contributed by atoms with E-state index in [0.717, 1.165) is 27.3 Å². The zero-order valence-corrected chi connectivity index (χ0v) is 15.0. The third-order valence-electron chi connectivity index (χ3n) is 3.47. The Kier molecular flexibility index (Phi) is 6.44. The van der Waals surface area contributed by atoms with Crippen LogP contribution in [0.2, 0.25) is 0 Å². The average molecular weight is 359 g/mol. The Balaban J connectivity index is 1.96. The fourth-order valence-corrected chi connectivity index (χ4v) is 2.84. The number of hydrogen-bond donors (Lipinski definition) is 1. The van der Waals surface area contributed by atoms with Gasteiger partial charge in [0.2, 0.25) is 10.0 Å². The molecule has 2 aromatic carbocycles. The Hall–Kier alpha value is -2.51. The standard InChI is InChI=1S/C18H21N3O3S/c1-15-8-10-16(11-9-15)12-19-20-18(22)14-21(25(2,23)24)13-17-6-4-3-5-7-17/h3-12H,13-14H2,1-2H3,(H,20,22)/b19-12-. The Labute approximate surface area is 148 Å². The third kappa shape index (κ3) is 6.48. The van der Waals surface area contributed by atoms with E-state index in [1.807, 2.05) is 61.5 Å². The zero-order chi connectivity index (χ0) is 18.3. The first-order valence-electron chi connectivity index (χ1n) is 7.72. The van der Waals surface area contributed by atoms with Gasteiger partial charge in [-0.1, -0.05) is 60.2 Å². The van der Waals surface area contributed by atoms with Crippen LogP contribution in [-0.4, -0.2) is 37.6 Å². The van der Waals surface area contributed by atoms with E-state index in [2.05, 4.69) is 10.5 Å². The largest absolute Gasteiger partial charge is 0.272 e. The number of aryl methyl sites for hydroxylation is 1. The maximum atomic E-state index is 12.0. The Morgan fingerprint density at radius 2 is 1.76 bits per heavy atom. The summed E-state index contributed by atoms with van der Waals surface area (Å²) in [6.07, 6.45) is 2.60. The molecule has 1 amide bonds. The molecule has 0 aliphatic rings. The summed E-state index contributed by atoms with van der Waals surface area (Å²) in [6.45, 7) is 1.82. The minimum Gasteiger partial charge on any atom is -0.272 e. The summed E-state index contributed by atoms with van der Waals surface area (Å²) < 4.78 is 24.9. The summed E-state index contributed by atoms with van der Waals surface area (Å²) in [6, 6.07) is 16.7. The smallest absolute Gasteiger partial charge is 0.255 e. The van der Waals surface area contributed by atoms with Crippen molar-refractivity contribution in [2.24, 2.45) is 5.10 Å². The lowest BCUT2D eigenvalue weighted by Crippen LogP contribution is -2.38. The van der Waals surface area contributed by atoms with Crippen molar-refractivity contribution in [3.8, 4) is 0 Å². The lowest BCUT2D eigenvalue weighted by atomic mass is 10.2. The molecule has 0 bridgehead atoms. The van der Waals surface area contributed by atoms with Crippen LogP contribution in [0.4, 0.5) is 0 Å². The molecule has 0 aliphatic carbocycles. The number of hydrogen-bond acceptors (Lipinski definition) is 4. The molecule has 132 valence electrons. The summed E-state index contributed by atoms with van der Waals surface area (Å²) in [5, 5.41) is 3.87. The molecule has 2 aromatic rings. The number of carbonyl (C=O) groups is 1. The van der Waals surface area contributed by atoms with Gasteiger partial charge in [-0.25, -0.2) is 13.8 Å². The lowest BCUT2D eigenvalue weighted by molar-refractivity contribution is -0.121. The van der Waals surface area contributed by atoms with Gasteiger partial charge >= 0.3 is 0 Å². The first-order chi connectivity index (χ1) is 11.8. The fourth-order valence-electron chi connectivity index (χ4n) is 2.10. The molecule has 6 nitrogen and oxygen atoms in total. The number of carbonyl (C=O) groups excluding carboxylic acids is 1. The van der Waals surface area contributed by atoms with Gasteiger partial charge in [0.1, 0.15) is 0 Å². The summed E-state index contributed by atoms with van der Waals surface area (Å²) in [4.78, 5) is 12.0. The molecule has 0 saturated carbocycles. The number of benzene rings is 2. The number of sulfonamides is 1. The van der Waals surface area contributed by atoms with Crippen molar-refractivity contribution in [3.63, 3.8) is 0 Å². The van der Waals surface area contributed by atoms with Crippen LogP contribution < -0.4 is 5.43 Å². The Bertz CT molecular complexity index is 832. The van der Waals surface area contributed by atoms with E-state index in [1.165, 1.54) is 6.21 Å². The number of nitrogens with zero attached hydrogens (tertiary/aromatic N) is 2. The van der Waals surface area contributed by atoms with Crippen LogP contribution in [0.1, 0.15) is 16.7 Å². The van der Waals surface area contributed by atoms with E-state index in [1.54, 1.807) is 0 Å². The predicted molar refractivity (Wildman–Crippen MR) is 98.6 cm³/mol. The van der Waals surface area contributed by atoms with E-state index in [9.17, 15) is 13.2 Å². The average Bonchev–Trinajstić information content (AvgIpc) is 2.56. The molecule has 0 aromatic heterocycles. The Morgan fingerprint density at radius 1 is 1.12 bits per heavy atom. The fraction of sp³-hybridized carbons (Fsp3) is 0.222. The van der Waals surface area contributed by atoms with Gasteiger partial charge in [0, 0.05) is 6.54 Å². The van der Waals surface area contributed by atoms with Crippen LogP contribution in [0.25, 0.3) is 0 Å². The van der Waals surface area contributed by atoms with Crippen LogP contribution >= 0.6 is 0 Å². The maximum Gasteiger partial charge on any atom is 0.255 e. The van der Waals surface area contributed by atoms with E-state index in [0.29, 0.717) is 0 Å². The summed E-state index contributed by atoms with van der Waals surface area (Å²) >= 11 is 0. The van der Waals surface area contributed by atoms with Gasteiger partial charge < -0.3 is 0 Å². The lowest BCUT2D eigenvalue weighted by Gasteiger charge is -2.18. The van der Waals surface area contributed by atoms with Crippen molar-refractivity contribution in [3.05, 3.63) is 71.3 Å². The third-order valence-corrected chi connectivity index (χ3v) is 4.67. The molecular formula is C18H21N3O3S. The van der Waals surface area contributed by atoms with Crippen molar-refractivity contribution in [1.29, 1.82) is 0 Å². The maximum absolute atomic E-state index is 12.0. The van der Waals surface area contributed by atoms with Gasteiger partial charge in [-0.15, -0.1) is 0 Å². The van der Waals surface area contributed by atoms with Crippen molar-refractivity contribution < 1.29 is 13.2 Å². The van der Waals surface area contributed by atoms with Crippen LogP contribution in [0, 0.1) is 6.92 Å². The van der Waals surface area contributed by atoms with Crippen molar-refractivity contribution in [2.45, 2.75) is 13.5 Å². The first kappa shape index (κ1) is 18.8. The second kappa shape index (κ2) is 8.55. The van der Waals surface area contributed by atoms with E-state index in [-0.39, 0.29) is 13.1 Å². The van der Waals surface area contributed by atoms with Crippen LogP contribution in [0.15, 0.2) is 59.7 Å². The predicted octanol–water partition coefficient (Wildman–Crippen LogP) is 1.91. The number of amides is 1. The molecule has 25 heavy (non-hydrogen) atoms. The highest BCUT2D eigenvalue weighted by molar-refractivity contribution is 7.88. The number of nitrogens with one attached hydrogen (secondary N) is 1. The first-order valence-corrected chi connectivity index (χ1v) is 9.57. The van der Waals surface area contributed by atoms with Crippen LogP contribution in [-0.2, 0) is 21.4 Å². The second-order valence-corrected chi connectivity index (χ2v) is 7.70. The topological polar surface area (TPSA) is 78.8 Å². The SMILES string of the molecule is Cc1ccc(/C=N\NC(=O)CN(Cc2ccccc2)S(C)(=O)=O)cc1. The highest BCUT2D eigenvalue weighted by Gasteiger charge is 2.20. The molecule has 0 spiro atoms. The minimum atomic E-state index is -3.52. The molecule has 0 radical (unpaired) electrons. The molecule has 0 atom stereocenters. The van der Waals surface area contributed by atoms with Gasteiger partial charge in [-0.05, 0) is 18.1 Å². The van der Waals surface area contributed by atoms with Crippen LogP contribution in [0.5, 0.6) is 0 Å². The Morgan fingerprint density at radius 3 is 2.36 bits per heavy atom. The normalized spacial score (nSPS) is 11.8. The molecule has 0 heterocycles. The van der Waals surface area contributed by atoms with Crippen LogP contribution in [0.3, 0.4) is 0 Å². The van der Waals surface area contributed by atoms with Crippen molar-refractivity contribution in [1.82, 2.24) is 9.73 Å². The molecule has 2 rings (SSSR count). The van der Waals surface area contributed by atoms with Crippen molar-refractivity contribution in [2.75, 3.05) is 12.8 Å². The highest BCUT2D eigenvalue weighted by Crippen LogP contribution is 2.08. The molecule has 0 saturated heterocycles. The van der Waals surface area contributed by atoms with E-state index >= 15 is 0 Å². The van der Waals surface area contributed by atoms with Gasteiger partial charge in [0.15, 0.2) is 0 Å². The van der Waals surface area contributed by atoms with Gasteiger partial charge in [-0.3, -0.25) is 4.79 Å². The van der Waals surface area contributed by atoms with E-state index < -0.39 is 15.9 Å². The highest BCUT2D eigenvalue weighted by atomic mass is 32.2. The van der Waals surface area contributed by atoms with Gasteiger partial charge in [0.25, 0.3) is 5.91 Å². The minimum absolute atomic E-state index is 0.134. The summed E-state index contributed by atoms with van der Waals surface area (Å²) in [5.74, 6) is -0.496. The molecule has 0 fully saturated rings. The number of hydrazone groups is 1. The monoisotopic (exact) mass is 359 g/mol. The molecule has 1 N–H and O–H groups in total. The van der Waals surface area contributed by atoms with Gasteiger partial charge in [0.05, 0.1) is 19.0 Å². The van der Waals surface area contributed by atoms with Crippen molar-refractivity contribution >= 4 is 22.1 Å². The van der Waals surface area contributed by atoms with E-state index in [4.69, 9.17) is 0 Å². The summed E-state index contributed by atoms with van der Waals surface area (Å²) in [7, 11) is -3.52. The van der Waals surface area contributed by atoms with Gasteiger partial charge in [-0.2, -0.15) is 9.41 Å². The molecular weight excluding hydrogens is 338 g/mol. The molecule has 7 heteroatoms. The zero-order valence-electron chi connectivity index (χ0n) is 14.2. The molecule has 0 unspecified atom stereocenters. The quantitative estimate of drug-likeness (QED) is 0.606. The molecule has 0 aliphatic heterocycles. The number of rotatable bonds is 7. The summed E-state index contributed by atoms with van der Waals surface area (Å²) in [5.41, 5.74) is 5.14. The second-order valence-electron chi connectivity index (χ2n) is 5.72.